The van der Waals surface area contributed by atoms with Crippen LogP contribution in [-0.2, 0) is 36.6 Å². The molecule has 2 atom stereocenters. The molecular formula is C43H50Cl2N4O8. The van der Waals surface area contributed by atoms with E-state index in [0.717, 1.165) is 27.8 Å². The molecule has 0 bridgehead atoms. The largest absolute Gasteiger partial charge is 0.467 e. The third kappa shape index (κ3) is 13.5. The lowest BCUT2D eigenvalue weighted by Gasteiger charge is -2.21. The summed E-state index contributed by atoms with van der Waals surface area (Å²) >= 11 is 12.3. The number of esters is 2. The molecule has 57 heavy (non-hydrogen) atoms. The van der Waals surface area contributed by atoms with Crippen LogP contribution in [0.15, 0.2) is 72.8 Å². The van der Waals surface area contributed by atoms with Crippen molar-refractivity contribution in [3.63, 3.8) is 0 Å². The third-order valence-corrected chi connectivity index (χ3v) is 9.25. The zero-order valence-electron chi connectivity index (χ0n) is 33.6. The topological polar surface area (TPSA) is 175 Å². The van der Waals surface area contributed by atoms with Crippen LogP contribution >= 0.6 is 23.2 Å². The SMILES string of the molecule is COC(=O)C(Cc1ccc(N)c(C)c1)NC(=O)c1c(C)cccc1Cl.COC(=O)C(Cc1ccc(NC(=O)OC(C)(C)C)c(C)c1)NC(=O)c1c(C)cccc1Cl. The van der Waals surface area contributed by atoms with Gasteiger partial charge in [0.1, 0.15) is 17.7 Å². The number of carbonyl (C=O) groups excluding carboxylic acids is 5. The van der Waals surface area contributed by atoms with Crippen molar-refractivity contribution >= 4 is 64.4 Å². The lowest BCUT2D eigenvalue weighted by molar-refractivity contribution is -0.143. The number of nitrogens with one attached hydrogen (secondary N) is 3. The minimum Gasteiger partial charge on any atom is -0.467 e. The zero-order chi connectivity index (χ0) is 42.6. The maximum atomic E-state index is 12.8. The molecule has 5 N–H and O–H groups in total. The summed E-state index contributed by atoms with van der Waals surface area (Å²) in [4.78, 5) is 61.9. The summed E-state index contributed by atoms with van der Waals surface area (Å²) in [5, 5.41) is 8.79. The summed E-state index contributed by atoms with van der Waals surface area (Å²) in [6, 6.07) is 19.4. The lowest BCUT2D eigenvalue weighted by Crippen LogP contribution is -2.43. The van der Waals surface area contributed by atoms with Crippen molar-refractivity contribution in [2.24, 2.45) is 0 Å². The van der Waals surface area contributed by atoms with Gasteiger partial charge in [0.25, 0.3) is 11.8 Å². The Morgan fingerprint density at radius 2 is 1.09 bits per heavy atom. The first kappa shape index (κ1) is 45.8. The van der Waals surface area contributed by atoms with Crippen LogP contribution < -0.4 is 21.7 Å². The van der Waals surface area contributed by atoms with E-state index in [1.165, 1.54) is 14.2 Å². The average Bonchev–Trinajstić information content (AvgIpc) is 3.12. The maximum absolute atomic E-state index is 12.8. The zero-order valence-corrected chi connectivity index (χ0v) is 35.1. The standard InChI is InChI=1S/C24H29ClN2O5.C19H21ClN2O3/c1-14-8-7-9-17(25)20(14)21(28)26-19(22(29)31-6)13-16-10-11-18(15(2)12-16)27-23(30)32-24(3,4)5;1-11-5-4-6-14(20)17(11)18(23)22-16(19(24)25-3)10-13-7-8-15(21)12(2)9-13/h7-12,19H,13H2,1-6H3,(H,26,28)(H,27,30);4-9,16H,10,21H2,1-3H3,(H,22,23). The number of ether oxygens (including phenoxy) is 3. The normalized spacial score (nSPS) is 11.8. The van der Waals surface area contributed by atoms with Gasteiger partial charge in [0.2, 0.25) is 0 Å². The van der Waals surface area contributed by atoms with E-state index in [4.69, 9.17) is 43.1 Å². The van der Waals surface area contributed by atoms with Crippen LogP contribution in [0.1, 0.15) is 74.9 Å². The Balaban J connectivity index is 0.000000315. The number of amides is 3. The Bertz CT molecular complexity index is 2070. The highest BCUT2D eigenvalue weighted by Crippen LogP contribution is 2.23. The van der Waals surface area contributed by atoms with Gasteiger partial charge in [-0.25, -0.2) is 14.4 Å². The number of benzene rings is 4. The molecule has 2 unspecified atom stereocenters. The summed E-state index contributed by atoms with van der Waals surface area (Å²) in [5.41, 5.74) is 11.9. The predicted octanol–water partition coefficient (Wildman–Crippen LogP) is 7.87. The first-order valence-corrected chi connectivity index (χ1v) is 18.7. The number of methoxy groups -OCH3 is 2. The Labute approximate surface area is 343 Å². The molecule has 4 aromatic rings. The number of carbonyl (C=O) groups is 5. The fraction of sp³-hybridized carbons (Fsp3) is 0.326. The molecular weight excluding hydrogens is 771 g/mol. The number of hydrogen-bond acceptors (Lipinski definition) is 9. The molecule has 0 aliphatic heterocycles. The molecule has 12 nitrogen and oxygen atoms in total. The van der Waals surface area contributed by atoms with Crippen LogP contribution in [0.3, 0.4) is 0 Å². The molecule has 0 spiro atoms. The quantitative estimate of drug-likeness (QED) is 0.0667. The fourth-order valence-electron chi connectivity index (χ4n) is 5.71. The van der Waals surface area contributed by atoms with Gasteiger partial charge >= 0.3 is 18.0 Å². The molecule has 4 aromatic carbocycles. The van der Waals surface area contributed by atoms with Gasteiger partial charge in [0.05, 0.1) is 35.4 Å². The summed E-state index contributed by atoms with van der Waals surface area (Å²) in [7, 11) is 2.55. The van der Waals surface area contributed by atoms with Crippen molar-refractivity contribution in [1.29, 1.82) is 0 Å². The van der Waals surface area contributed by atoms with E-state index in [2.05, 4.69) is 16.0 Å². The van der Waals surface area contributed by atoms with E-state index in [0.29, 0.717) is 44.5 Å². The molecule has 0 saturated heterocycles. The smallest absolute Gasteiger partial charge is 0.412 e. The van der Waals surface area contributed by atoms with E-state index in [1.807, 2.05) is 32.0 Å². The first-order valence-electron chi connectivity index (χ1n) is 18.0. The van der Waals surface area contributed by atoms with Gasteiger partial charge in [-0.3, -0.25) is 14.9 Å². The number of aryl methyl sites for hydroxylation is 4. The summed E-state index contributed by atoms with van der Waals surface area (Å²) in [6.45, 7) is 12.6. The molecule has 0 saturated carbocycles. The van der Waals surface area contributed by atoms with Gasteiger partial charge in [0.15, 0.2) is 0 Å². The third-order valence-electron chi connectivity index (χ3n) is 8.62. The van der Waals surface area contributed by atoms with Gasteiger partial charge in [-0.1, -0.05) is 71.7 Å². The Kier molecular flexibility index (Phi) is 16.5. The van der Waals surface area contributed by atoms with Crippen molar-refractivity contribution in [2.75, 3.05) is 25.3 Å². The Morgan fingerprint density at radius 1 is 0.649 bits per heavy atom. The van der Waals surface area contributed by atoms with Crippen molar-refractivity contribution in [3.8, 4) is 0 Å². The molecule has 3 amide bonds. The lowest BCUT2D eigenvalue weighted by atomic mass is 10.0. The predicted molar refractivity (Wildman–Crippen MR) is 223 cm³/mol. The molecule has 0 aliphatic carbocycles. The Hall–Kier alpha value is -5.59. The van der Waals surface area contributed by atoms with Gasteiger partial charge in [-0.05, 0) is 106 Å². The van der Waals surface area contributed by atoms with Gasteiger partial charge < -0.3 is 30.6 Å². The summed E-state index contributed by atoms with van der Waals surface area (Å²) in [6.07, 6.45) is -0.0541. The van der Waals surface area contributed by atoms with Crippen molar-refractivity contribution in [2.45, 2.75) is 79.0 Å². The maximum Gasteiger partial charge on any atom is 0.412 e. The highest BCUT2D eigenvalue weighted by Gasteiger charge is 2.26. The fourth-order valence-corrected chi connectivity index (χ4v) is 6.33. The molecule has 0 aliphatic rings. The molecule has 4 rings (SSSR count). The Morgan fingerprint density at radius 3 is 1.47 bits per heavy atom. The molecule has 0 aromatic heterocycles. The van der Waals surface area contributed by atoms with Crippen molar-refractivity contribution in [3.05, 3.63) is 127 Å². The van der Waals surface area contributed by atoms with E-state index in [9.17, 15) is 24.0 Å². The van der Waals surface area contributed by atoms with Crippen LogP contribution in [0.5, 0.6) is 0 Å². The monoisotopic (exact) mass is 820 g/mol. The molecule has 0 radical (unpaired) electrons. The van der Waals surface area contributed by atoms with E-state index in [1.54, 1.807) is 89.2 Å². The molecule has 304 valence electrons. The van der Waals surface area contributed by atoms with Crippen molar-refractivity contribution in [1.82, 2.24) is 10.6 Å². The molecule has 14 heteroatoms. The summed E-state index contributed by atoms with van der Waals surface area (Å²) < 4.78 is 15.0. The number of nitrogens with two attached hydrogens (primary N) is 1. The van der Waals surface area contributed by atoms with E-state index < -0.39 is 47.5 Å². The van der Waals surface area contributed by atoms with Gasteiger partial charge in [-0.15, -0.1) is 0 Å². The van der Waals surface area contributed by atoms with Crippen LogP contribution in [0.2, 0.25) is 10.0 Å². The number of rotatable bonds is 11. The molecule has 0 heterocycles. The summed E-state index contributed by atoms with van der Waals surface area (Å²) in [5.74, 6) is -1.96. The average molecular weight is 822 g/mol. The number of nitrogen functional groups attached to an aromatic ring is 1. The van der Waals surface area contributed by atoms with Gasteiger partial charge in [0, 0.05) is 24.2 Å². The van der Waals surface area contributed by atoms with E-state index >= 15 is 0 Å². The van der Waals surface area contributed by atoms with Crippen LogP contribution in [0, 0.1) is 27.7 Å². The van der Waals surface area contributed by atoms with Gasteiger partial charge in [-0.2, -0.15) is 0 Å². The highest BCUT2D eigenvalue weighted by molar-refractivity contribution is 6.34. The number of hydrogen-bond donors (Lipinski definition) is 4. The highest BCUT2D eigenvalue weighted by atomic mass is 35.5. The van der Waals surface area contributed by atoms with Crippen molar-refractivity contribution < 1.29 is 38.2 Å². The van der Waals surface area contributed by atoms with Crippen LogP contribution in [0.4, 0.5) is 16.2 Å². The molecule has 0 fully saturated rings. The van der Waals surface area contributed by atoms with Crippen LogP contribution in [-0.4, -0.2) is 61.8 Å². The minimum absolute atomic E-state index is 0.204. The number of halogens is 2. The van der Waals surface area contributed by atoms with Crippen LogP contribution in [0.25, 0.3) is 0 Å². The first-order chi connectivity index (χ1) is 26.7. The second-order valence-electron chi connectivity index (χ2n) is 14.3. The minimum atomic E-state index is -0.910. The van der Waals surface area contributed by atoms with E-state index in [-0.39, 0.29) is 6.42 Å². The second kappa shape index (κ2) is 20.5. The second-order valence-corrected chi connectivity index (χ2v) is 15.2. The number of anilines is 2.